The molecule has 1 amide bonds. The molecule has 7 nitrogen and oxygen atoms in total. The molecule has 138 valence electrons. The first kappa shape index (κ1) is 16.2. The topological polar surface area (TPSA) is 92.1 Å². The zero-order valence-electron chi connectivity index (χ0n) is 14.9. The van der Waals surface area contributed by atoms with E-state index < -0.39 is 0 Å². The van der Waals surface area contributed by atoms with Crippen LogP contribution < -0.4 is 5.56 Å². The molecule has 1 unspecified atom stereocenters. The number of piperidine rings is 1. The summed E-state index contributed by atoms with van der Waals surface area (Å²) in [5.41, 5.74) is 1.35. The predicted octanol–water partition coefficient (Wildman–Crippen LogP) is 2.81. The molecule has 0 spiro atoms. The minimum Gasteiger partial charge on any atom is -0.440 e. The first-order valence-corrected chi connectivity index (χ1v) is 9.43. The molecule has 27 heavy (non-hydrogen) atoms. The molecule has 1 atom stereocenters. The number of fused-ring (bicyclic) bond motifs is 1. The van der Waals surface area contributed by atoms with Crippen LogP contribution in [0, 0.1) is 0 Å². The Balaban J connectivity index is 1.37. The van der Waals surface area contributed by atoms with E-state index in [1.807, 2.05) is 24.3 Å². The maximum atomic E-state index is 12.9. The van der Waals surface area contributed by atoms with Crippen LogP contribution in [-0.4, -0.2) is 38.8 Å². The number of H-pyrrole nitrogens is 1. The van der Waals surface area contributed by atoms with Gasteiger partial charge in [-0.3, -0.25) is 9.59 Å². The highest BCUT2D eigenvalue weighted by Gasteiger charge is 2.31. The molecule has 1 N–H and O–H groups in total. The Kier molecular flexibility index (Phi) is 3.81. The van der Waals surface area contributed by atoms with Crippen LogP contribution in [0.15, 0.2) is 39.7 Å². The second-order valence-electron chi connectivity index (χ2n) is 7.40. The molecule has 3 aromatic rings. The van der Waals surface area contributed by atoms with Crippen molar-refractivity contribution in [2.75, 3.05) is 13.1 Å². The number of benzene rings is 1. The van der Waals surface area contributed by atoms with E-state index >= 15 is 0 Å². The van der Waals surface area contributed by atoms with Crippen molar-refractivity contribution in [1.82, 2.24) is 19.9 Å². The molecule has 2 fully saturated rings. The molecule has 1 aliphatic carbocycles. The van der Waals surface area contributed by atoms with Gasteiger partial charge in [-0.05, 0) is 37.8 Å². The summed E-state index contributed by atoms with van der Waals surface area (Å²) in [4.78, 5) is 38.6. The number of nitrogens with zero attached hydrogens (tertiary/aromatic N) is 3. The highest BCUT2D eigenvalue weighted by molar-refractivity contribution is 5.93. The fourth-order valence-electron chi connectivity index (χ4n) is 3.72. The Morgan fingerprint density at radius 2 is 2.04 bits per heavy atom. The summed E-state index contributed by atoms with van der Waals surface area (Å²) in [6.07, 6.45) is 5.29. The number of carbonyl (C=O) groups is 1. The maximum Gasteiger partial charge on any atom is 0.263 e. The summed E-state index contributed by atoms with van der Waals surface area (Å²) in [6.45, 7) is 1.12. The van der Waals surface area contributed by atoms with E-state index in [0.717, 1.165) is 36.8 Å². The number of aromatic amines is 1. The SMILES string of the molecule is O=C(c1cnc(C2CC2)[nH]c1=O)N1CCCC(c2nc3ccccc3o2)C1. The van der Waals surface area contributed by atoms with Gasteiger partial charge in [0.05, 0.1) is 5.92 Å². The standard InChI is InChI=1S/C20H20N4O3/c25-18-14(10-21-17(23-18)12-7-8-12)20(26)24-9-3-4-13(11-24)19-22-15-5-1-2-6-16(15)27-19/h1-2,5-6,10,12-13H,3-4,7-9,11H2,(H,21,23,25). The first-order valence-electron chi connectivity index (χ1n) is 9.43. The van der Waals surface area contributed by atoms with E-state index in [0.29, 0.717) is 30.7 Å². The van der Waals surface area contributed by atoms with Crippen LogP contribution in [0.2, 0.25) is 0 Å². The number of rotatable bonds is 3. The monoisotopic (exact) mass is 364 g/mol. The Morgan fingerprint density at radius 3 is 2.81 bits per heavy atom. The molecule has 1 saturated carbocycles. The molecular weight excluding hydrogens is 344 g/mol. The van der Waals surface area contributed by atoms with Gasteiger partial charge in [-0.15, -0.1) is 0 Å². The summed E-state index contributed by atoms with van der Waals surface area (Å²) >= 11 is 0. The van der Waals surface area contributed by atoms with E-state index in [4.69, 9.17) is 4.42 Å². The number of hydrogen-bond donors (Lipinski definition) is 1. The van der Waals surface area contributed by atoms with Crippen LogP contribution in [-0.2, 0) is 0 Å². The summed E-state index contributed by atoms with van der Waals surface area (Å²) in [6, 6.07) is 7.65. The van der Waals surface area contributed by atoms with Gasteiger partial charge in [-0.1, -0.05) is 12.1 Å². The normalized spacial score (nSPS) is 20.1. The van der Waals surface area contributed by atoms with Crippen LogP contribution in [0.3, 0.4) is 0 Å². The van der Waals surface area contributed by atoms with Gasteiger partial charge < -0.3 is 14.3 Å². The van der Waals surface area contributed by atoms with Crippen LogP contribution >= 0.6 is 0 Å². The molecule has 1 saturated heterocycles. The van der Waals surface area contributed by atoms with E-state index in [9.17, 15) is 9.59 Å². The average molecular weight is 364 g/mol. The fourth-order valence-corrected chi connectivity index (χ4v) is 3.72. The second kappa shape index (κ2) is 6.33. The van der Waals surface area contributed by atoms with E-state index in [2.05, 4.69) is 15.0 Å². The van der Waals surface area contributed by atoms with Gasteiger partial charge >= 0.3 is 0 Å². The second-order valence-corrected chi connectivity index (χ2v) is 7.40. The molecule has 2 aliphatic rings. The third-order valence-corrected chi connectivity index (χ3v) is 5.38. The van der Waals surface area contributed by atoms with Crippen molar-refractivity contribution in [3.8, 4) is 0 Å². The van der Waals surface area contributed by atoms with Crippen molar-refractivity contribution in [2.24, 2.45) is 0 Å². The van der Waals surface area contributed by atoms with Gasteiger partial charge in [0.1, 0.15) is 16.9 Å². The number of amides is 1. The summed E-state index contributed by atoms with van der Waals surface area (Å²) in [7, 11) is 0. The number of hydrogen-bond acceptors (Lipinski definition) is 5. The molecule has 5 rings (SSSR count). The van der Waals surface area contributed by atoms with E-state index in [1.165, 1.54) is 6.20 Å². The number of nitrogens with one attached hydrogen (secondary N) is 1. The Hall–Kier alpha value is -2.96. The van der Waals surface area contributed by atoms with Gasteiger partial charge in [0.25, 0.3) is 11.5 Å². The van der Waals surface area contributed by atoms with Crippen molar-refractivity contribution >= 4 is 17.0 Å². The average Bonchev–Trinajstić information content (AvgIpc) is 3.46. The third kappa shape index (κ3) is 3.03. The number of oxazole rings is 1. The largest absolute Gasteiger partial charge is 0.440 e. The lowest BCUT2D eigenvalue weighted by molar-refractivity contribution is 0.0696. The zero-order valence-corrected chi connectivity index (χ0v) is 14.9. The van der Waals surface area contributed by atoms with E-state index in [-0.39, 0.29) is 22.9 Å². The Morgan fingerprint density at radius 1 is 1.19 bits per heavy atom. The van der Waals surface area contributed by atoms with Gasteiger partial charge in [-0.2, -0.15) is 0 Å². The van der Waals surface area contributed by atoms with Gasteiger partial charge in [0.2, 0.25) is 0 Å². The fraction of sp³-hybridized carbons (Fsp3) is 0.400. The first-order chi connectivity index (χ1) is 13.2. The molecule has 7 heteroatoms. The number of carbonyl (C=O) groups excluding carboxylic acids is 1. The van der Waals surface area contributed by atoms with E-state index in [1.54, 1.807) is 4.90 Å². The predicted molar refractivity (Wildman–Crippen MR) is 98.7 cm³/mol. The molecule has 1 aliphatic heterocycles. The van der Waals surface area contributed by atoms with Crippen molar-refractivity contribution in [3.63, 3.8) is 0 Å². The maximum absolute atomic E-state index is 12.9. The molecule has 0 radical (unpaired) electrons. The third-order valence-electron chi connectivity index (χ3n) is 5.38. The van der Waals surface area contributed by atoms with Crippen molar-refractivity contribution in [2.45, 2.75) is 37.5 Å². The smallest absolute Gasteiger partial charge is 0.263 e. The Bertz CT molecular complexity index is 1030. The molecule has 1 aromatic carbocycles. The summed E-state index contributed by atoms with van der Waals surface area (Å²) in [5, 5.41) is 0. The van der Waals surface area contributed by atoms with Gasteiger partial charge in [-0.25, -0.2) is 9.97 Å². The van der Waals surface area contributed by atoms with Crippen LogP contribution in [0.5, 0.6) is 0 Å². The van der Waals surface area contributed by atoms with Crippen molar-refractivity contribution < 1.29 is 9.21 Å². The quantitative estimate of drug-likeness (QED) is 0.771. The van der Waals surface area contributed by atoms with Crippen LogP contribution in [0.1, 0.15) is 59.6 Å². The van der Waals surface area contributed by atoms with Crippen LogP contribution in [0.25, 0.3) is 11.1 Å². The molecule has 0 bridgehead atoms. The molecular formula is C20H20N4O3. The number of aromatic nitrogens is 3. The van der Waals surface area contributed by atoms with Crippen molar-refractivity contribution in [1.29, 1.82) is 0 Å². The van der Waals surface area contributed by atoms with Crippen molar-refractivity contribution in [3.05, 3.63) is 58.1 Å². The number of para-hydroxylation sites is 2. The highest BCUT2D eigenvalue weighted by atomic mass is 16.3. The summed E-state index contributed by atoms with van der Waals surface area (Å²) < 4.78 is 5.88. The van der Waals surface area contributed by atoms with Gasteiger partial charge in [0, 0.05) is 25.2 Å². The minimum absolute atomic E-state index is 0.0351. The lowest BCUT2D eigenvalue weighted by atomic mass is 9.97. The number of likely N-dealkylation sites (tertiary alicyclic amines) is 1. The lowest BCUT2D eigenvalue weighted by Gasteiger charge is -2.31. The summed E-state index contributed by atoms with van der Waals surface area (Å²) in [5.74, 6) is 1.46. The lowest BCUT2D eigenvalue weighted by Crippen LogP contribution is -2.41. The minimum atomic E-state index is -0.346. The Labute approximate surface area is 155 Å². The van der Waals surface area contributed by atoms with Crippen LogP contribution in [0.4, 0.5) is 0 Å². The zero-order chi connectivity index (χ0) is 18.4. The van der Waals surface area contributed by atoms with Gasteiger partial charge in [0.15, 0.2) is 11.5 Å². The molecule has 3 heterocycles. The highest BCUT2D eigenvalue weighted by Crippen LogP contribution is 2.37. The molecule has 2 aromatic heterocycles.